The van der Waals surface area contributed by atoms with Crippen LogP contribution >= 0.6 is 12.2 Å². The molecule has 1 amide bonds. The maximum absolute atomic E-state index is 12.4. The predicted molar refractivity (Wildman–Crippen MR) is 163 cm³/mol. The van der Waals surface area contributed by atoms with E-state index in [1.807, 2.05) is 60.7 Å². The lowest BCUT2D eigenvalue weighted by atomic mass is 9.96. The zero-order valence-corrected chi connectivity index (χ0v) is 24.5. The first-order chi connectivity index (χ1) is 19.9. The summed E-state index contributed by atoms with van der Waals surface area (Å²) in [4.78, 5) is 19.2. The topological polar surface area (TPSA) is 89.9 Å². The molecule has 0 saturated carbocycles. The number of nitrogens with one attached hydrogen (secondary N) is 2. The lowest BCUT2D eigenvalue weighted by Crippen LogP contribution is -2.29. The Kier molecular flexibility index (Phi) is 8.23. The number of carbonyl (C=O) groups is 1. The van der Waals surface area contributed by atoms with E-state index in [1.54, 1.807) is 20.4 Å². The van der Waals surface area contributed by atoms with Crippen LogP contribution < -0.4 is 25.0 Å². The highest BCUT2D eigenvalue weighted by atomic mass is 32.1. The van der Waals surface area contributed by atoms with Crippen LogP contribution in [0.4, 0.5) is 11.4 Å². The van der Waals surface area contributed by atoms with Gasteiger partial charge in [0.15, 0.2) is 5.11 Å². The van der Waals surface area contributed by atoms with Gasteiger partial charge in [-0.25, -0.2) is 0 Å². The summed E-state index contributed by atoms with van der Waals surface area (Å²) in [5, 5.41) is 6.96. The van der Waals surface area contributed by atoms with E-state index < -0.39 is 0 Å². The average Bonchev–Trinajstić information content (AvgIpc) is 3.48. The minimum absolute atomic E-state index is 0.0706. The van der Waals surface area contributed by atoms with Crippen molar-refractivity contribution in [1.82, 2.24) is 14.9 Å². The van der Waals surface area contributed by atoms with Gasteiger partial charge in [-0.15, -0.1) is 0 Å². The molecule has 4 aromatic rings. The second kappa shape index (κ2) is 12.0. The molecule has 2 aromatic carbocycles. The number of aryl methyl sites for hydroxylation is 1. The van der Waals surface area contributed by atoms with Crippen molar-refractivity contribution in [3.05, 3.63) is 95.6 Å². The number of pyridine rings is 1. The number of benzene rings is 2. The van der Waals surface area contributed by atoms with E-state index in [1.165, 1.54) is 7.11 Å². The highest BCUT2D eigenvalue weighted by molar-refractivity contribution is 7.80. The Hall–Kier alpha value is -4.41. The number of amides is 1. The molecule has 1 saturated heterocycles. The molecule has 2 atom stereocenters. The standard InChI is InChI=1S/C31H33N5O4S/c1-19-16-24(20(2)35(19)21-9-12-23(39-4)13-10-21)30-29(25-8-6-7-15-32-25)34-31(41)36(30)22-11-14-27(40-5)26(17-22)33-28(37)18-38-3/h6-17,29-30H,18H2,1-5H3,(H,33,37)(H,34,41)/t29-,30+/m1/s1. The van der Waals surface area contributed by atoms with Gasteiger partial charge in [-0.1, -0.05) is 6.07 Å². The minimum atomic E-state index is -0.281. The number of anilines is 2. The Morgan fingerprint density at radius 1 is 1.00 bits per heavy atom. The van der Waals surface area contributed by atoms with Crippen LogP contribution in [0.5, 0.6) is 11.5 Å². The van der Waals surface area contributed by atoms with Crippen molar-refractivity contribution in [2.45, 2.75) is 25.9 Å². The number of ether oxygens (including phenoxy) is 3. The third-order valence-electron chi connectivity index (χ3n) is 7.23. The molecule has 5 rings (SSSR count). The molecule has 0 bridgehead atoms. The molecule has 2 aromatic heterocycles. The molecular formula is C31H33N5O4S. The molecule has 0 unspecified atom stereocenters. The van der Waals surface area contributed by atoms with Crippen LogP contribution in [0.2, 0.25) is 0 Å². The van der Waals surface area contributed by atoms with Gasteiger partial charge < -0.3 is 34.3 Å². The molecule has 9 nitrogen and oxygen atoms in total. The van der Waals surface area contributed by atoms with Crippen LogP contribution in [0, 0.1) is 13.8 Å². The van der Waals surface area contributed by atoms with Gasteiger partial charge in [0, 0.05) is 36.1 Å². The molecule has 1 aliphatic heterocycles. The first-order valence-electron chi connectivity index (χ1n) is 13.2. The Bertz CT molecular complexity index is 1550. The van der Waals surface area contributed by atoms with Gasteiger partial charge >= 0.3 is 0 Å². The zero-order chi connectivity index (χ0) is 29.1. The Labute approximate surface area is 245 Å². The van der Waals surface area contributed by atoms with Crippen molar-refractivity contribution in [2.75, 3.05) is 38.2 Å². The summed E-state index contributed by atoms with van der Waals surface area (Å²) in [6.45, 7) is 4.14. The summed E-state index contributed by atoms with van der Waals surface area (Å²) in [7, 11) is 4.71. The van der Waals surface area contributed by atoms with Crippen molar-refractivity contribution in [3.63, 3.8) is 0 Å². The van der Waals surface area contributed by atoms with Crippen LogP contribution in [0.25, 0.3) is 5.69 Å². The second-order valence-electron chi connectivity index (χ2n) is 9.72. The van der Waals surface area contributed by atoms with E-state index in [0.717, 1.165) is 39.8 Å². The summed E-state index contributed by atoms with van der Waals surface area (Å²) >= 11 is 5.94. The van der Waals surface area contributed by atoms with Crippen LogP contribution in [0.1, 0.15) is 34.7 Å². The van der Waals surface area contributed by atoms with Gasteiger partial charge in [0.25, 0.3) is 0 Å². The normalized spacial score (nSPS) is 16.4. The molecule has 1 fully saturated rings. The van der Waals surface area contributed by atoms with E-state index in [-0.39, 0.29) is 24.6 Å². The number of hydrogen-bond donors (Lipinski definition) is 2. The Morgan fingerprint density at radius 3 is 2.41 bits per heavy atom. The molecule has 1 aliphatic rings. The second-order valence-corrected chi connectivity index (χ2v) is 10.1. The first-order valence-corrected chi connectivity index (χ1v) is 13.6. The maximum Gasteiger partial charge on any atom is 0.250 e. The van der Waals surface area contributed by atoms with Crippen LogP contribution in [-0.4, -0.2) is 48.5 Å². The fourth-order valence-electron chi connectivity index (χ4n) is 5.43. The third-order valence-corrected chi connectivity index (χ3v) is 7.54. The van der Waals surface area contributed by atoms with E-state index in [0.29, 0.717) is 16.5 Å². The van der Waals surface area contributed by atoms with Gasteiger partial charge in [-0.05, 0) is 92.3 Å². The Morgan fingerprint density at radius 2 is 1.76 bits per heavy atom. The van der Waals surface area contributed by atoms with Gasteiger partial charge in [0.1, 0.15) is 18.1 Å². The monoisotopic (exact) mass is 571 g/mol. The van der Waals surface area contributed by atoms with Gasteiger partial charge in [0.05, 0.1) is 37.7 Å². The molecular weight excluding hydrogens is 538 g/mol. The number of aromatic nitrogens is 2. The molecule has 212 valence electrons. The summed E-state index contributed by atoms with van der Waals surface area (Å²) < 4.78 is 18.1. The number of thiocarbonyl (C=S) groups is 1. The summed E-state index contributed by atoms with van der Waals surface area (Å²) in [5.74, 6) is 1.05. The lowest BCUT2D eigenvalue weighted by molar-refractivity contribution is -0.119. The summed E-state index contributed by atoms with van der Waals surface area (Å²) in [5.41, 5.74) is 6.50. The molecule has 10 heteroatoms. The molecule has 2 N–H and O–H groups in total. The number of nitrogens with zero attached hydrogens (tertiary/aromatic N) is 3. The fraction of sp³-hybridized carbons (Fsp3) is 0.258. The van der Waals surface area contributed by atoms with E-state index in [9.17, 15) is 4.79 Å². The third kappa shape index (κ3) is 5.48. The zero-order valence-electron chi connectivity index (χ0n) is 23.7. The van der Waals surface area contributed by atoms with Crippen molar-refractivity contribution in [1.29, 1.82) is 0 Å². The minimum Gasteiger partial charge on any atom is -0.497 e. The highest BCUT2D eigenvalue weighted by Crippen LogP contribution is 2.45. The molecule has 3 heterocycles. The van der Waals surface area contributed by atoms with Crippen molar-refractivity contribution in [3.8, 4) is 17.2 Å². The quantitative estimate of drug-likeness (QED) is 0.263. The van der Waals surface area contributed by atoms with E-state index >= 15 is 0 Å². The predicted octanol–water partition coefficient (Wildman–Crippen LogP) is 5.27. The van der Waals surface area contributed by atoms with Crippen LogP contribution in [0.15, 0.2) is 72.9 Å². The number of methoxy groups -OCH3 is 3. The maximum atomic E-state index is 12.4. The van der Waals surface area contributed by atoms with Gasteiger partial charge in [-0.3, -0.25) is 9.78 Å². The Balaban J connectivity index is 1.63. The van der Waals surface area contributed by atoms with Crippen molar-refractivity contribution < 1.29 is 19.0 Å². The largest absolute Gasteiger partial charge is 0.497 e. The number of carbonyl (C=O) groups excluding carboxylic acids is 1. The summed E-state index contributed by atoms with van der Waals surface area (Å²) in [6, 6.07) is 21.3. The molecule has 41 heavy (non-hydrogen) atoms. The van der Waals surface area contributed by atoms with Crippen LogP contribution in [0.3, 0.4) is 0 Å². The smallest absolute Gasteiger partial charge is 0.250 e. The number of rotatable bonds is 9. The van der Waals surface area contributed by atoms with Crippen LogP contribution in [-0.2, 0) is 9.53 Å². The molecule has 0 radical (unpaired) electrons. The lowest BCUT2D eigenvalue weighted by Gasteiger charge is -2.29. The first kappa shape index (κ1) is 28.1. The summed E-state index contributed by atoms with van der Waals surface area (Å²) in [6.07, 6.45) is 1.79. The van der Waals surface area contributed by atoms with Crippen molar-refractivity contribution in [2.24, 2.45) is 0 Å². The van der Waals surface area contributed by atoms with Crippen molar-refractivity contribution >= 4 is 34.6 Å². The van der Waals surface area contributed by atoms with E-state index in [4.69, 9.17) is 26.4 Å². The average molecular weight is 572 g/mol. The molecule has 0 spiro atoms. The molecule has 0 aliphatic carbocycles. The fourth-order valence-corrected chi connectivity index (χ4v) is 5.77. The SMILES string of the molecule is COCC(=O)Nc1cc(N2C(=S)N[C@H](c3ccccn3)[C@@H]2c2cc(C)n(-c3ccc(OC)cc3)c2C)ccc1OC. The van der Waals surface area contributed by atoms with Gasteiger partial charge in [-0.2, -0.15) is 0 Å². The highest BCUT2D eigenvalue weighted by Gasteiger charge is 2.42. The number of hydrogen-bond acceptors (Lipinski definition) is 6. The van der Waals surface area contributed by atoms with E-state index in [2.05, 4.69) is 45.0 Å². The van der Waals surface area contributed by atoms with Gasteiger partial charge in [0.2, 0.25) is 5.91 Å².